The molecule has 0 atom stereocenters. The molecule has 0 radical (unpaired) electrons. The number of hydrogen-bond donors (Lipinski definition) is 2. The number of carbonyl (C=O) groups is 1. The molecule has 0 fully saturated rings. The van der Waals surface area contributed by atoms with Crippen molar-refractivity contribution in [3.63, 3.8) is 0 Å². The lowest BCUT2D eigenvalue weighted by atomic mass is 10.1. The Morgan fingerprint density at radius 3 is 2.52 bits per heavy atom. The molecule has 3 aromatic rings. The van der Waals surface area contributed by atoms with Crippen LogP contribution in [0.4, 0.5) is 14.5 Å². The van der Waals surface area contributed by atoms with E-state index in [1.807, 2.05) is 13.0 Å². The average Bonchev–Trinajstić information content (AvgIpc) is 2.76. The minimum atomic E-state index is -3.94. The first-order chi connectivity index (χ1) is 15.7. The average molecular weight is 474 g/mol. The summed E-state index contributed by atoms with van der Waals surface area (Å²) in [6.07, 6.45) is 1.15. The SMILES string of the molecule is Cc1ccc(NS(=O)(=O)c2cccc(C(=O)N/N=C/c3ccccc3OC(F)F)c2)c(C)c1. The van der Waals surface area contributed by atoms with Crippen molar-refractivity contribution in [3.05, 3.63) is 89.0 Å². The molecule has 2 N–H and O–H groups in total. The molecule has 33 heavy (non-hydrogen) atoms. The van der Waals surface area contributed by atoms with Gasteiger partial charge in [-0.25, -0.2) is 13.8 Å². The third kappa shape index (κ3) is 6.36. The highest BCUT2D eigenvalue weighted by Crippen LogP contribution is 2.22. The van der Waals surface area contributed by atoms with Crippen LogP contribution >= 0.6 is 0 Å². The summed E-state index contributed by atoms with van der Waals surface area (Å²) in [5.41, 5.74) is 4.72. The number of hydrazone groups is 1. The summed E-state index contributed by atoms with van der Waals surface area (Å²) in [6, 6.07) is 16.7. The van der Waals surface area contributed by atoms with E-state index in [1.54, 1.807) is 25.1 Å². The Morgan fingerprint density at radius 2 is 1.79 bits per heavy atom. The van der Waals surface area contributed by atoms with Gasteiger partial charge in [-0.15, -0.1) is 0 Å². The third-order valence-corrected chi connectivity index (χ3v) is 5.90. The van der Waals surface area contributed by atoms with Gasteiger partial charge in [-0.2, -0.15) is 13.9 Å². The zero-order valence-electron chi connectivity index (χ0n) is 17.7. The number of halogens is 2. The van der Waals surface area contributed by atoms with E-state index >= 15 is 0 Å². The lowest BCUT2D eigenvalue weighted by Gasteiger charge is -2.12. The van der Waals surface area contributed by atoms with E-state index in [0.29, 0.717) is 5.69 Å². The lowest BCUT2D eigenvalue weighted by Crippen LogP contribution is -2.19. The van der Waals surface area contributed by atoms with Crippen molar-refractivity contribution in [2.45, 2.75) is 25.4 Å². The van der Waals surface area contributed by atoms with E-state index in [4.69, 9.17) is 0 Å². The normalized spacial score (nSPS) is 11.5. The molecule has 0 bridgehead atoms. The number of nitrogens with one attached hydrogen (secondary N) is 2. The van der Waals surface area contributed by atoms with Gasteiger partial charge in [0.15, 0.2) is 0 Å². The van der Waals surface area contributed by atoms with Crippen LogP contribution in [-0.4, -0.2) is 27.2 Å². The predicted octanol–water partition coefficient (Wildman–Crippen LogP) is 4.47. The summed E-state index contributed by atoms with van der Waals surface area (Å²) < 4.78 is 57.5. The van der Waals surface area contributed by atoms with Gasteiger partial charge < -0.3 is 4.74 Å². The second-order valence-electron chi connectivity index (χ2n) is 7.07. The first kappa shape index (κ1) is 23.9. The van der Waals surface area contributed by atoms with Gasteiger partial charge in [-0.3, -0.25) is 9.52 Å². The van der Waals surface area contributed by atoms with Crippen LogP contribution in [0.5, 0.6) is 5.75 Å². The highest BCUT2D eigenvalue weighted by molar-refractivity contribution is 7.92. The molecule has 0 unspecified atom stereocenters. The Kier molecular flexibility index (Phi) is 7.39. The molecule has 3 rings (SSSR count). The summed E-state index contributed by atoms with van der Waals surface area (Å²) in [7, 11) is -3.94. The Bertz CT molecular complexity index is 1290. The van der Waals surface area contributed by atoms with Crippen LogP contribution in [0, 0.1) is 13.8 Å². The first-order valence-electron chi connectivity index (χ1n) is 9.73. The van der Waals surface area contributed by atoms with Gasteiger partial charge in [0, 0.05) is 11.1 Å². The maximum atomic E-state index is 12.8. The zero-order chi connectivity index (χ0) is 24.0. The number of anilines is 1. The zero-order valence-corrected chi connectivity index (χ0v) is 18.6. The Labute approximate surface area is 190 Å². The van der Waals surface area contributed by atoms with E-state index in [0.717, 1.165) is 17.3 Å². The number of carbonyl (C=O) groups excluding carboxylic acids is 1. The maximum absolute atomic E-state index is 12.8. The van der Waals surface area contributed by atoms with Gasteiger partial charge >= 0.3 is 6.61 Å². The standard InChI is InChI=1S/C23H21F2N3O4S/c1-15-10-11-20(16(2)12-15)28-33(30,31)19-8-5-7-17(13-19)22(29)27-26-14-18-6-3-4-9-21(18)32-23(24)25/h3-14,23,28H,1-2H3,(H,27,29)/b26-14+. The molecule has 0 aliphatic heterocycles. The van der Waals surface area contributed by atoms with Crippen molar-refractivity contribution in [1.82, 2.24) is 5.43 Å². The van der Waals surface area contributed by atoms with Gasteiger partial charge in [0.2, 0.25) is 0 Å². The molecule has 0 saturated heterocycles. The quantitative estimate of drug-likeness (QED) is 0.373. The molecule has 0 spiro atoms. The first-order valence-corrected chi connectivity index (χ1v) is 11.2. The summed E-state index contributed by atoms with van der Waals surface area (Å²) in [6.45, 7) is 0.688. The van der Waals surface area contributed by atoms with Crippen molar-refractivity contribution in [2.75, 3.05) is 4.72 Å². The minimum absolute atomic E-state index is 0.0489. The third-order valence-electron chi connectivity index (χ3n) is 4.54. The van der Waals surface area contributed by atoms with E-state index in [9.17, 15) is 22.0 Å². The molecule has 7 nitrogen and oxygen atoms in total. The molecule has 0 aliphatic carbocycles. The van der Waals surface area contributed by atoms with E-state index in [-0.39, 0.29) is 21.8 Å². The maximum Gasteiger partial charge on any atom is 0.387 e. The fourth-order valence-electron chi connectivity index (χ4n) is 2.95. The van der Waals surface area contributed by atoms with Gasteiger partial charge in [0.25, 0.3) is 15.9 Å². The van der Waals surface area contributed by atoms with Crippen LogP contribution in [-0.2, 0) is 10.0 Å². The number of para-hydroxylation sites is 1. The molecule has 0 heterocycles. The van der Waals surface area contributed by atoms with E-state index < -0.39 is 22.5 Å². The smallest absolute Gasteiger partial charge is 0.387 e. The summed E-state index contributed by atoms with van der Waals surface area (Å²) >= 11 is 0. The molecular formula is C23H21F2N3O4S. The molecule has 10 heteroatoms. The number of ether oxygens (including phenoxy) is 1. The number of alkyl halides is 2. The molecule has 0 aliphatic rings. The van der Waals surface area contributed by atoms with Gasteiger partial charge in [0.1, 0.15) is 5.75 Å². The van der Waals surface area contributed by atoms with Crippen LogP contribution < -0.4 is 14.9 Å². The number of aryl methyl sites for hydroxylation is 2. The highest BCUT2D eigenvalue weighted by Gasteiger charge is 2.17. The predicted molar refractivity (Wildman–Crippen MR) is 121 cm³/mol. The second kappa shape index (κ2) is 10.2. The Morgan fingerprint density at radius 1 is 1.03 bits per heavy atom. The van der Waals surface area contributed by atoms with Crippen molar-refractivity contribution in [2.24, 2.45) is 5.10 Å². The Hall–Kier alpha value is -3.79. The second-order valence-corrected chi connectivity index (χ2v) is 8.75. The van der Waals surface area contributed by atoms with Crippen molar-refractivity contribution in [1.29, 1.82) is 0 Å². The topological polar surface area (TPSA) is 96.9 Å². The van der Waals surface area contributed by atoms with Crippen molar-refractivity contribution >= 4 is 27.8 Å². The van der Waals surface area contributed by atoms with E-state index in [1.165, 1.54) is 42.5 Å². The van der Waals surface area contributed by atoms with Crippen LogP contribution in [0.25, 0.3) is 0 Å². The van der Waals surface area contributed by atoms with Crippen LogP contribution in [0.2, 0.25) is 0 Å². The summed E-state index contributed by atoms with van der Waals surface area (Å²) in [5, 5.41) is 3.75. The summed E-state index contributed by atoms with van der Waals surface area (Å²) in [4.78, 5) is 12.3. The largest absolute Gasteiger partial charge is 0.434 e. The van der Waals surface area contributed by atoms with Crippen LogP contribution in [0.3, 0.4) is 0 Å². The monoisotopic (exact) mass is 473 g/mol. The molecule has 0 saturated carbocycles. The number of amides is 1. The number of rotatable bonds is 8. The van der Waals surface area contributed by atoms with Crippen molar-refractivity contribution in [3.8, 4) is 5.75 Å². The molecule has 0 aromatic heterocycles. The van der Waals surface area contributed by atoms with E-state index in [2.05, 4.69) is 20.0 Å². The number of nitrogens with zero attached hydrogens (tertiary/aromatic N) is 1. The lowest BCUT2D eigenvalue weighted by molar-refractivity contribution is -0.0499. The van der Waals surface area contributed by atoms with Gasteiger partial charge in [-0.1, -0.05) is 35.9 Å². The molecular weight excluding hydrogens is 452 g/mol. The van der Waals surface area contributed by atoms with Crippen molar-refractivity contribution < 1.29 is 26.7 Å². The number of benzene rings is 3. The van der Waals surface area contributed by atoms with Gasteiger partial charge in [0.05, 0.1) is 16.8 Å². The molecule has 172 valence electrons. The Balaban J connectivity index is 1.74. The molecule has 3 aromatic carbocycles. The molecule has 1 amide bonds. The summed E-state index contributed by atoms with van der Waals surface area (Å²) in [5.74, 6) is -0.780. The highest BCUT2D eigenvalue weighted by atomic mass is 32.2. The minimum Gasteiger partial charge on any atom is -0.434 e. The van der Waals surface area contributed by atoms with Crippen LogP contribution in [0.15, 0.2) is 76.7 Å². The number of sulfonamides is 1. The van der Waals surface area contributed by atoms with Crippen LogP contribution in [0.1, 0.15) is 27.0 Å². The fraction of sp³-hybridized carbons (Fsp3) is 0.130. The van der Waals surface area contributed by atoms with Gasteiger partial charge in [-0.05, 0) is 55.8 Å². The number of hydrogen-bond acceptors (Lipinski definition) is 5. The fourth-order valence-corrected chi connectivity index (χ4v) is 4.13.